The summed E-state index contributed by atoms with van der Waals surface area (Å²) in [5, 5.41) is 8.34. The summed E-state index contributed by atoms with van der Waals surface area (Å²) in [6, 6.07) is 17.4. The largest absolute Gasteiger partial charge is 0.0722 e. The first-order valence-corrected chi connectivity index (χ1v) is 6.05. The number of hydrogen-bond acceptors (Lipinski definition) is 0. The first-order chi connectivity index (χ1) is 8.45. The fourth-order valence-electron chi connectivity index (χ4n) is 2.93. The van der Waals surface area contributed by atoms with E-state index in [2.05, 4.69) is 60.7 Å². The molecule has 0 nitrogen and oxygen atoms in total. The topological polar surface area (TPSA) is 0 Å². The van der Waals surface area contributed by atoms with Gasteiger partial charge in [0.2, 0.25) is 0 Å². The monoisotopic (exact) mass is 216 g/mol. The maximum Gasteiger partial charge on any atom is -0.00991 e. The maximum absolute atomic E-state index is 2.34. The van der Waals surface area contributed by atoms with Crippen molar-refractivity contribution in [3.63, 3.8) is 0 Å². The summed E-state index contributed by atoms with van der Waals surface area (Å²) < 4.78 is 0. The molecule has 0 unspecified atom stereocenters. The van der Waals surface area contributed by atoms with Crippen molar-refractivity contribution in [2.45, 2.75) is 6.42 Å². The molecule has 0 aromatic heterocycles. The maximum atomic E-state index is 2.34. The molecule has 0 N–H and O–H groups in total. The highest BCUT2D eigenvalue weighted by atomic mass is 14.1. The van der Waals surface area contributed by atoms with Crippen LogP contribution in [0.3, 0.4) is 0 Å². The molecule has 0 aliphatic heterocycles. The molecule has 80 valence electrons. The van der Waals surface area contributed by atoms with Gasteiger partial charge >= 0.3 is 0 Å². The van der Waals surface area contributed by atoms with Gasteiger partial charge in [0.25, 0.3) is 0 Å². The van der Waals surface area contributed by atoms with Gasteiger partial charge in [-0.05, 0) is 38.4 Å². The number of rotatable bonds is 0. The SMILES string of the molecule is C1=c2c(c3ccccc3c3ccccc23)=CC1. The Hall–Kier alpha value is -2.08. The van der Waals surface area contributed by atoms with E-state index in [1.165, 1.54) is 32.0 Å². The average Bonchev–Trinajstić information content (AvgIpc) is 2.89. The molecule has 0 amide bonds. The van der Waals surface area contributed by atoms with Crippen LogP contribution in [-0.4, -0.2) is 0 Å². The van der Waals surface area contributed by atoms with Crippen LogP contribution < -0.4 is 10.4 Å². The highest BCUT2D eigenvalue weighted by molar-refractivity contribution is 6.08. The van der Waals surface area contributed by atoms with Crippen molar-refractivity contribution in [1.29, 1.82) is 0 Å². The molecule has 3 aromatic carbocycles. The van der Waals surface area contributed by atoms with Crippen molar-refractivity contribution in [3.8, 4) is 0 Å². The molecule has 1 aliphatic rings. The van der Waals surface area contributed by atoms with Gasteiger partial charge in [-0.2, -0.15) is 0 Å². The van der Waals surface area contributed by atoms with Gasteiger partial charge < -0.3 is 0 Å². The van der Waals surface area contributed by atoms with Crippen molar-refractivity contribution in [3.05, 3.63) is 59.0 Å². The second-order valence-corrected chi connectivity index (χ2v) is 4.56. The molecule has 0 bridgehead atoms. The van der Waals surface area contributed by atoms with E-state index >= 15 is 0 Å². The van der Waals surface area contributed by atoms with Gasteiger partial charge in [0, 0.05) is 0 Å². The van der Waals surface area contributed by atoms with Gasteiger partial charge in [0.1, 0.15) is 0 Å². The molecular weight excluding hydrogens is 204 g/mol. The van der Waals surface area contributed by atoms with E-state index in [0.717, 1.165) is 6.42 Å². The minimum atomic E-state index is 1.06. The minimum absolute atomic E-state index is 1.06. The Morgan fingerprint density at radius 3 is 1.41 bits per heavy atom. The fraction of sp³-hybridized carbons (Fsp3) is 0.0588. The third-order valence-corrected chi connectivity index (χ3v) is 3.66. The highest BCUT2D eigenvalue weighted by Gasteiger charge is 2.06. The summed E-state index contributed by atoms with van der Waals surface area (Å²) in [6.07, 6.45) is 5.74. The Kier molecular flexibility index (Phi) is 1.70. The second-order valence-electron chi connectivity index (χ2n) is 4.56. The van der Waals surface area contributed by atoms with E-state index in [9.17, 15) is 0 Å². The first kappa shape index (κ1) is 9.00. The summed E-state index contributed by atoms with van der Waals surface area (Å²) in [4.78, 5) is 0. The van der Waals surface area contributed by atoms with Gasteiger partial charge in [0.05, 0.1) is 0 Å². The standard InChI is InChI=1S/C17H12/c1-3-8-14-12(6-1)13-7-2-4-9-15(13)17-11-5-10-16(14)17/h1-4,6-11H,5H2. The van der Waals surface area contributed by atoms with Crippen molar-refractivity contribution in [2.24, 2.45) is 0 Å². The van der Waals surface area contributed by atoms with Gasteiger partial charge in [-0.15, -0.1) is 0 Å². The predicted octanol–water partition coefficient (Wildman–Crippen LogP) is 2.96. The lowest BCUT2D eigenvalue weighted by Gasteiger charge is -2.05. The Labute approximate surface area is 99.5 Å². The summed E-state index contributed by atoms with van der Waals surface area (Å²) in [5.74, 6) is 0. The molecule has 0 spiro atoms. The van der Waals surface area contributed by atoms with Crippen molar-refractivity contribution < 1.29 is 0 Å². The Morgan fingerprint density at radius 2 is 0.941 bits per heavy atom. The quantitative estimate of drug-likeness (QED) is 0.507. The molecule has 0 heteroatoms. The molecular formula is C17H12. The third-order valence-electron chi connectivity index (χ3n) is 3.66. The van der Waals surface area contributed by atoms with Gasteiger partial charge in [-0.25, -0.2) is 0 Å². The Balaban J connectivity index is 2.50. The zero-order chi connectivity index (χ0) is 11.2. The zero-order valence-corrected chi connectivity index (χ0v) is 9.48. The number of hydrogen-bond donors (Lipinski definition) is 0. The van der Waals surface area contributed by atoms with E-state index in [1.54, 1.807) is 0 Å². The molecule has 17 heavy (non-hydrogen) atoms. The normalized spacial score (nSPS) is 13.4. The van der Waals surface area contributed by atoms with Crippen LogP contribution in [0.5, 0.6) is 0 Å². The molecule has 3 aromatic rings. The number of fused-ring (bicyclic) bond motifs is 6. The van der Waals surface area contributed by atoms with Gasteiger partial charge in [0.15, 0.2) is 0 Å². The van der Waals surface area contributed by atoms with Crippen LogP contribution in [0.15, 0.2) is 48.5 Å². The summed E-state index contributed by atoms with van der Waals surface area (Å²) in [7, 11) is 0. The zero-order valence-electron chi connectivity index (χ0n) is 9.48. The van der Waals surface area contributed by atoms with E-state index in [-0.39, 0.29) is 0 Å². The van der Waals surface area contributed by atoms with Crippen LogP contribution in [0.25, 0.3) is 33.7 Å². The van der Waals surface area contributed by atoms with Crippen molar-refractivity contribution in [2.75, 3.05) is 0 Å². The van der Waals surface area contributed by atoms with Crippen LogP contribution in [0.4, 0.5) is 0 Å². The smallest absolute Gasteiger partial charge is 0.00991 e. The molecule has 0 fully saturated rings. The van der Waals surface area contributed by atoms with Crippen molar-refractivity contribution in [1.82, 2.24) is 0 Å². The summed E-state index contributed by atoms with van der Waals surface area (Å²) in [5.41, 5.74) is 0. The molecule has 1 aliphatic carbocycles. The van der Waals surface area contributed by atoms with Gasteiger partial charge in [-0.3, -0.25) is 0 Å². The van der Waals surface area contributed by atoms with Crippen molar-refractivity contribution >= 4 is 33.7 Å². The molecule has 0 saturated carbocycles. The molecule has 0 radical (unpaired) electrons. The minimum Gasteiger partial charge on any atom is -0.0722 e. The predicted molar refractivity (Wildman–Crippen MR) is 74.3 cm³/mol. The Bertz CT molecular complexity index is 781. The molecule has 0 saturated heterocycles. The van der Waals surface area contributed by atoms with Crippen LogP contribution >= 0.6 is 0 Å². The van der Waals surface area contributed by atoms with E-state index in [4.69, 9.17) is 0 Å². The summed E-state index contributed by atoms with van der Waals surface area (Å²) in [6.45, 7) is 0. The van der Waals surface area contributed by atoms with Crippen LogP contribution in [-0.2, 0) is 0 Å². The Morgan fingerprint density at radius 1 is 0.529 bits per heavy atom. The van der Waals surface area contributed by atoms with E-state index in [0.29, 0.717) is 0 Å². The molecule has 0 heterocycles. The van der Waals surface area contributed by atoms with E-state index in [1.807, 2.05) is 0 Å². The first-order valence-electron chi connectivity index (χ1n) is 6.05. The second kappa shape index (κ2) is 3.21. The molecule has 0 atom stereocenters. The average molecular weight is 216 g/mol. The lowest BCUT2D eigenvalue weighted by Crippen LogP contribution is -2.23. The number of benzene rings is 3. The lowest BCUT2D eigenvalue weighted by atomic mass is 9.99. The third kappa shape index (κ3) is 1.13. The van der Waals surface area contributed by atoms with E-state index < -0.39 is 0 Å². The van der Waals surface area contributed by atoms with Crippen LogP contribution in [0.1, 0.15) is 6.42 Å². The van der Waals surface area contributed by atoms with Gasteiger partial charge in [-0.1, -0.05) is 60.7 Å². The summed E-state index contributed by atoms with van der Waals surface area (Å²) >= 11 is 0. The fourth-order valence-corrected chi connectivity index (χ4v) is 2.93. The lowest BCUT2D eigenvalue weighted by molar-refractivity contribution is 1.66. The van der Waals surface area contributed by atoms with Crippen LogP contribution in [0, 0.1) is 0 Å². The molecule has 4 rings (SSSR count). The highest BCUT2D eigenvalue weighted by Crippen LogP contribution is 2.20. The van der Waals surface area contributed by atoms with Crippen LogP contribution in [0.2, 0.25) is 0 Å².